The highest BCUT2D eigenvalue weighted by Gasteiger charge is 2.23. The minimum atomic E-state index is 0.660. The van der Waals surface area contributed by atoms with Crippen molar-refractivity contribution in [3.63, 3.8) is 0 Å². The van der Waals surface area contributed by atoms with Crippen molar-refractivity contribution < 1.29 is 0 Å². The van der Waals surface area contributed by atoms with Crippen molar-refractivity contribution in [2.75, 3.05) is 6.54 Å². The molecule has 0 radical (unpaired) electrons. The molecule has 3 heteroatoms. The highest BCUT2D eigenvalue weighted by molar-refractivity contribution is 5.23. The van der Waals surface area contributed by atoms with Gasteiger partial charge in [-0.1, -0.05) is 13.8 Å². The van der Waals surface area contributed by atoms with Crippen LogP contribution in [-0.2, 0) is 19.4 Å². The maximum Gasteiger partial charge on any atom is 0.108 e. The first kappa shape index (κ1) is 10.7. The molecule has 1 aliphatic rings. The van der Waals surface area contributed by atoms with Crippen LogP contribution in [0.4, 0.5) is 0 Å². The lowest BCUT2D eigenvalue weighted by atomic mass is 9.95. The van der Waals surface area contributed by atoms with E-state index in [2.05, 4.69) is 18.4 Å². The highest BCUT2D eigenvalue weighted by Crippen LogP contribution is 2.30. The summed E-state index contributed by atoms with van der Waals surface area (Å²) >= 11 is 0. The van der Waals surface area contributed by atoms with E-state index >= 15 is 0 Å². The van der Waals surface area contributed by atoms with Gasteiger partial charge < -0.3 is 10.3 Å². The molecule has 1 aromatic heterocycles. The fraction of sp³-hybridized carbons (Fsp3) is 0.750. The Morgan fingerprint density at radius 3 is 3.00 bits per heavy atom. The van der Waals surface area contributed by atoms with Crippen molar-refractivity contribution in [3.05, 3.63) is 17.2 Å². The van der Waals surface area contributed by atoms with Crippen LogP contribution >= 0.6 is 0 Å². The van der Waals surface area contributed by atoms with Crippen molar-refractivity contribution in [2.45, 2.75) is 52.0 Å². The van der Waals surface area contributed by atoms with Gasteiger partial charge in [-0.05, 0) is 25.3 Å². The van der Waals surface area contributed by atoms with Crippen LogP contribution in [0.15, 0.2) is 0 Å². The van der Waals surface area contributed by atoms with E-state index < -0.39 is 0 Å². The van der Waals surface area contributed by atoms with Crippen LogP contribution in [0.2, 0.25) is 0 Å². The SMILES string of the molecule is CCc1nc(CCN)c2n1CCCC2C. The van der Waals surface area contributed by atoms with Gasteiger partial charge in [-0.2, -0.15) is 0 Å². The molecule has 1 aromatic rings. The van der Waals surface area contributed by atoms with Crippen LogP contribution in [0.3, 0.4) is 0 Å². The molecule has 1 unspecified atom stereocenters. The van der Waals surface area contributed by atoms with E-state index in [1.807, 2.05) is 0 Å². The number of hydrogen-bond acceptors (Lipinski definition) is 2. The van der Waals surface area contributed by atoms with E-state index in [9.17, 15) is 0 Å². The van der Waals surface area contributed by atoms with E-state index in [1.54, 1.807) is 0 Å². The van der Waals surface area contributed by atoms with Gasteiger partial charge in [0, 0.05) is 25.1 Å². The predicted molar refractivity (Wildman–Crippen MR) is 62.0 cm³/mol. The first-order valence-corrected chi connectivity index (χ1v) is 6.06. The van der Waals surface area contributed by atoms with Crippen LogP contribution in [0, 0.1) is 0 Å². The molecule has 0 fully saturated rings. The Labute approximate surface area is 91.7 Å². The number of rotatable bonds is 3. The minimum Gasteiger partial charge on any atom is -0.332 e. The number of nitrogens with zero attached hydrogens (tertiary/aromatic N) is 2. The normalized spacial score (nSPS) is 20.3. The summed E-state index contributed by atoms with van der Waals surface area (Å²) in [4.78, 5) is 4.73. The Balaban J connectivity index is 2.43. The van der Waals surface area contributed by atoms with Gasteiger partial charge in [0.15, 0.2) is 0 Å². The van der Waals surface area contributed by atoms with Crippen molar-refractivity contribution in [1.82, 2.24) is 9.55 Å². The van der Waals surface area contributed by atoms with Crippen molar-refractivity contribution in [3.8, 4) is 0 Å². The smallest absolute Gasteiger partial charge is 0.108 e. The topological polar surface area (TPSA) is 43.8 Å². The number of hydrogen-bond donors (Lipinski definition) is 1. The quantitative estimate of drug-likeness (QED) is 0.822. The highest BCUT2D eigenvalue weighted by atomic mass is 15.1. The summed E-state index contributed by atoms with van der Waals surface area (Å²) in [6.07, 6.45) is 4.55. The minimum absolute atomic E-state index is 0.660. The molecule has 0 bridgehead atoms. The van der Waals surface area contributed by atoms with Gasteiger partial charge in [-0.25, -0.2) is 4.98 Å². The number of aromatic nitrogens is 2. The zero-order chi connectivity index (χ0) is 10.8. The molecule has 2 rings (SSSR count). The molecular weight excluding hydrogens is 186 g/mol. The molecule has 0 amide bonds. The maximum atomic E-state index is 5.64. The summed E-state index contributed by atoms with van der Waals surface area (Å²) in [7, 11) is 0. The zero-order valence-corrected chi connectivity index (χ0v) is 9.79. The third-order valence-corrected chi connectivity index (χ3v) is 3.35. The summed E-state index contributed by atoms with van der Waals surface area (Å²) in [6, 6.07) is 0. The Morgan fingerprint density at radius 1 is 1.53 bits per heavy atom. The molecular formula is C12H21N3. The molecule has 0 saturated carbocycles. The molecule has 1 atom stereocenters. The molecule has 84 valence electrons. The van der Waals surface area contributed by atoms with E-state index in [1.165, 1.54) is 30.1 Å². The van der Waals surface area contributed by atoms with E-state index in [4.69, 9.17) is 10.7 Å². The number of fused-ring (bicyclic) bond motifs is 1. The molecule has 0 aliphatic carbocycles. The molecule has 15 heavy (non-hydrogen) atoms. The summed E-state index contributed by atoms with van der Waals surface area (Å²) in [6.45, 7) is 6.35. The van der Waals surface area contributed by atoms with Gasteiger partial charge in [-0.3, -0.25) is 0 Å². The van der Waals surface area contributed by atoms with Gasteiger partial charge in [0.2, 0.25) is 0 Å². The largest absolute Gasteiger partial charge is 0.332 e. The molecule has 2 heterocycles. The average Bonchev–Trinajstić information content (AvgIpc) is 2.59. The first-order valence-electron chi connectivity index (χ1n) is 6.06. The molecule has 0 spiro atoms. The summed E-state index contributed by atoms with van der Waals surface area (Å²) in [5.41, 5.74) is 8.35. The van der Waals surface area contributed by atoms with E-state index in [-0.39, 0.29) is 0 Å². The van der Waals surface area contributed by atoms with Crippen LogP contribution in [0.25, 0.3) is 0 Å². The van der Waals surface area contributed by atoms with E-state index in [0.717, 1.165) is 19.4 Å². The van der Waals surface area contributed by atoms with E-state index in [0.29, 0.717) is 12.5 Å². The second-order valence-corrected chi connectivity index (χ2v) is 4.45. The number of nitrogens with two attached hydrogens (primary N) is 1. The first-order chi connectivity index (χ1) is 7.27. The third kappa shape index (κ3) is 1.81. The fourth-order valence-corrected chi connectivity index (χ4v) is 2.65. The lowest BCUT2D eigenvalue weighted by Crippen LogP contribution is -2.17. The second kappa shape index (κ2) is 4.35. The molecule has 0 aromatic carbocycles. The van der Waals surface area contributed by atoms with Crippen LogP contribution < -0.4 is 5.73 Å². The van der Waals surface area contributed by atoms with Crippen molar-refractivity contribution in [2.24, 2.45) is 5.73 Å². The van der Waals surface area contributed by atoms with Gasteiger partial charge in [0.1, 0.15) is 5.82 Å². The number of aryl methyl sites for hydroxylation is 1. The standard InChI is InChI=1S/C12H21N3/c1-3-11-14-10(6-7-13)12-9(2)5-4-8-15(11)12/h9H,3-8,13H2,1-2H3. The van der Waals surface area contributed by atoms with Gasteiger partial charge in [0.25, 0.3) is 0 Å². The van der Waals surface area contributed by atoms with Gasteiger partial charge in [-0.15, -0.1) is 0 Å². The summed E-state index contributed by atoms with van der Waals surface area (Å²) < 4.78 is 2.43. The average molecular weight is 207 g/mol. The molecule has 1 aliphatic heterocycles. The van der Waals surface area contributed by atoms with Crippen molar-refractivity contribution >= 4 is 0 Å². The molecule has 0 saturated heterocycles. The lowest BCUT2D eigenvalue weighted by molar-refractivity contribution is 0.461. The lowest BCUT2D eigenvalue weighted by Gasteiger charge is -2.23. The van der Waals surface area contributed by atoms with Crippen LogP contribution in [0.5, 0.6) is 0 Å². The van der Waals surface area contributed by atoms with Crippen LogP contribution in [-0.4, -0.2) is 16.1 Å². The predicted octanol–water partition coefficient (Wildman–Crippen LogP) is 1.84. The van der Waals surface area contributed by atoms with Gasteiger partial charge in [0.05, 0.1) is 5.69 Å². The van der Waals surface area contributed by atoms with Crippen LogP contribution in [0.1, 0.15) is 49.8 Å². The summed E-state index contributed by atoms with van der Waals surface area (Å²) in [5.74, 6) is 1.91. The molecule has 3 nitrogen and oxygen atoms in total. The zero-order valence-electron chi connectivity index (χ0n) is 9.79. The second-order valence-electron chi connectivity index (χ2n) is 4.45. The Morgan fingerprint density at radius 2 is 2.33 bits per heavy atom. The Hall–Kier alpha value is -0.830. The Kier molecular flexibility index (Phi) is 3.10. The maximum absolute atomic E-state index is 5.64. The van der Waals surface area contributed by atoms with Crippen molar-refractivity contribution in [1.29, 1.82) is 0 Å². The molecule has 2 N–H and O–H groups in total. The fourth-order valence-electron chi connectivity index (χ4n) is 2.65. The number of imidazole rings is 1. The monoisotopic (exact) mass is 207 g/mol. The van der Waals surface area contributed by atoms with Gasteiger partial charge >= 0.3 is 0 Å². The Bertz CT molecular complexity index is 341. The third-order valence-electron chi connectivity index (χ3n) is 3.35. The summed E-state index contributed by atoms with van der Waals surface area (Å²) in [5, 5.41) is 0.